The summed E-state index contributed by atoms with van der Waals surface area (Å²) < 4.78 is 5.46. The second-order valence-electron chi connectivity index (χ2n) is 6.03. The van der Waals surface area contributed by atoms with E-state index in [9.17, 15) is 4.79 Å². The molecule has 3 rings (SSSR count). The maximum Gasteiger partial charge on any atom is 0.254 e. The largest absolute Gasteiger partial charge is 0.495 e. The van der Waals surface area contributed by atoms with E-state index >= 15 is 0 Å². The minimum Gasteiger partial charge on any atom is -0.495 e. The Morgan fingerprint density at radius 1 is 1.26 bits per heavy atom. The first-order chi connectivity index (χ1) is 15.2. The van der Waals surface area contributed by atoms with Crippen molar-refractivity contribution in [1.29, 1.82) is 0 Å². The Labute approximate surface area is 189 Å². The number of carbonyl (C=O) groups is 1. The van der Waals surface area contributed by atoms with Crippen LogP contribution in [0.4, 0.5) is 17.5 Å². The lowest BCUT2D eigenvalue weighted by Gasteiger charge is -2.27. The summed E-state index contributed by atoms with van der Waals surface area (Å²) in [7, 11) is 3.36. The van der Waals surface area contributed by atoms with Gasteiger partial charge in [0.25, 0.3) is 5.91 Å². The summed E-state index contributed by atoms with van der Waals surface area (Å²) in [5.41, 5.74) is 2.09. The van der Waals surface area contributed by atoms with Crippen molar-refractivity contribution in [3.8, 4) is 5.75 Å². The van der Waals surface area contributed by atoms with Crippen molar-refractivity contribution in [3.05, 3.63) is 42.1 Å². The standard InChI is InChI=1S/C19H24N6O2.2C2H6.2H2/c1-4-13-12-22-19(24-17(13)20-2)23-15-6-5-14(11-16(15)27-3)18(26)25-9-7-21-8-10-25;2*1-2;;/h4-6,11-12,21H,1,7-10H2,2-3H3,(H2,20,22,23,24);2*1-2H3;2*1H. The van der Waals surface area contributed by atoms with Crippen molar-refractivity contribution in [1.82, 2.24) is 20.2 Å². The van der Waals surface area contributed by atoms with Crippen molar-refractivity contribution in [2.24, 2.45) is 0 Å². The van der Waals surface area contributed by atoms with Crippen LogP contribution in [0.2, 0.25) is 0 Å². The number of ether oxygens (including phenoxy) is 1. The summed E-state index contributed by atoms with van der Waals surface area (Å²) in [5.74, 6) is 1.65. The van der Waals surface area contributed by atoms with E-state index in [0.717, 1.165) is 18.7 Å². The molecule has 2 aromatic rings. The SMILES string of the molecule is C=Cc1cnc(Nc2ccc(C(=O)N3CCNCC3)cc2OC)nc1NC.CC.CC.[HH].[HH]. The maximum atomic E-state index is 12.7. The lowest BCUT2D eigenvalue weighted by Crippen LogP contribution is -2.46. The van der Waals surface area contributed by atoms with Crippen molar-refractivity contribution < 1.29 is 12.4 Å². The molecule has 1 aromatic carbocycles. The van der Waals surface area contributed by atoms with Gasteiger partial charge in [-0.1, -0.05) is 40.3 Å². The fourth-order valence-electron chi connectivity index (χ4n) is 2.90. The molecule has 0 bridgehead atoms. The van der Waals surface area contributed by atoms with Gasteiger partial charge in [0.05, 0.1) is 12.8 Å². The summed E-state index contributed by atoms with van der Waals surface area (Å²) in [6, 6.07) is 5.33. The van der Waals surface area contributed by atoms with Gasteiger partial charge in [0, 0.05) is 53.4 Å². The van der Waals surface area contributed by atoms with E-state index < -0.39 is 0 Å². The van der Waals surface area contributed by atoms with Gasteiger partial charge in [-0.15, -0.1) is 0 Å². The van der Waals surface area contributed by atoms with Crippen LogP contribution < -0.4 is 20.7 Å². The molecule has 0 radical (unpaired) electrons. The molecule has 0 unspecified atom stereocenters. The highest BCUT2D eigenvalue weighted by atomic mass is 16.5. The number of benzene rings is 1. The molecular weight excluding hydrogens is 392 g/mol. The van der Waals surface area contributed by atoms with E-state index in [2.05, 4.69) is 32.5 Å². The van der Waals surface area contributed by atoms with Gasteiger partial charge in [0.2, 0.25) is 5.95 Å². The van der Waals surface area contributed by atoms with Gasteiger partial charge in [-0.3, -0.25) is 4.79 Å². The molecule has 1 aliphatic rings. The second-order valence-corrected chi connectivity index (χ2v) is 6.03. The molecule has 3 N–H and O–H groups in total. The van der Waals surface area contributed by atoms with Gasteiger partial charge in [-0.25, -0.2) is 4.98 Å². The molecule has 1 aliphatic heterocycles. The molecule has 1 fully saturated rings. The van der Waals surface area contributed by atoms with Crippen LogP contribution in [0.25, 0.3) is 6.08 Å². The predicted molar refractivity (Wildman–Crippen MR) is 134 cm³/mol. The van der Waals surface area contributed by atoms with Crippen LogP contribution in [-0.2, 0) is 0 Å². The molecule has 8 heteroatoms. The molecule has 0 saturated carbocycles. The third-order valence-electron chi connectivity index (χ3n) is 4.37. The van der Waals surface area contributed by atoms with Crippen LogP contribution in [0.15, 0.2) is 31.0 Å². The van der Waals surface area contributed by atoms with Gasteiger partial charge in [0.15, 0.2) is 0 Å². The number of nitrogens with zero attached hydrogens (tertiary/aromatic N) is 3. The smallest absolute Gasteiger partial charge is 0.254 e. The first-order valence-corrected chi connectivity index (χ1v) is 10.8. The summed E-state index contributed by atoms with van der Waals surface area (Å²) >= 11 is 0. The molecule has 0 aliphatic carbocycles. The van der Waals surface area contributed by atoms with Crippen LogP contribution >= 0.6 is 0 Å². The highest BCUT2D eigenvalue weighted by molar-refractivity contribution is 5.95. The zero-order valence-corrected chi connectivity index (χ0v) is 19.6. The topological polar surface area (TPSA) is 91.4 Å². The molecule has 174 valence electrons. The molecule has 1 saturated heterocycles. The molecule has 1 amide bonds. The van der Waals surface area contributed by atoms with Crippen molar-refractivity contribution >= 4 is 29.4 Å². The zero-order valence-electron chi connectivity index (χ0n) is 19.6. The normalized spacial score (nSPS) is 12.4. The highest BCUT2D eigenvalue weighted by Crippen LogP contribution is 2.29. The quantitative estimate of drug-likeness (QED) is 0.619. The third kappa shape index (κ3) is 6.96. The molecule has 1 aromatic heterocycles. The van der Waals surface area contributed by atoms with Gasteiger partial charge < -0.3 is 25.6 Å². The Morgan fingerprint density at radius 2 is 1.94 bits per heavy atom. The fourth-order valence-corrected chi connectivity index (χ4v) is 2.90. The number of methoxy groups -OCH3 is 1. The lowest BCUT2D eigenvalue weighted by atomic mass is 10.1. The Morgan fingerprint density at radius 3 is 2.52 bits per heavy atom. The van der Waals surface area contributed by atoms with Crippen molar-refractivity contribution in [3.63, 3.8) is 0 Å². The van der Waals surface area contributed by atoms with Crippen LogP contribution in [0.3, 0.4) is 0 Å². The molecule has 31 heavy (non-hydrogen) atoms. The van der Waals surface area contributed by atoms with Crippen molar-refractivity contribution in [2.45, 2.75) is 27.7 Å². The average Bonchev–Trinajstić information content (AvgIpc) is 2.86. The van der Waals surface area contributed by atoms with E-state index in [-0.39, 0.29) is 8.76 Å². The second kappa shape index (κ2) is 14.0. The van der Waals surface area contributed by atoms with Crippen molar-refractivity contribution in [2.75, 3.05) is 51.0 Å². The van der Waals surface area contributed by atoms with Crippen LogP contribution in [0.1, 0.15) is 46.5 Å². The Kier molecular flexibility index (Phi) is 11.7. The summed E-state index contributed by atoms with van der Waals surface area (Å²) in [4.78, 5) is 23.2. The maximum absolute atomic E-state index is 12.7. The third-order valence-corrected chi connectivity index (χ3v) is 4.37. The number of hydrogen-bond acceptors (Lipinski definition) is 7. The van der Waals surface area contributed by atoms with Gasteiger partial charge >= 0.3 is 0 Å². The Hall–Kier alpha value is -3.13. The zero-order chi connectivity index (χ0) is 23.2. The number of rotatable bonds is 6. The van der Waals surface area contributed by atoms with Crippen LogP contribution in [0, 0.1) is 0 Å². The molecular formula is C23H40N6O2. The predicted octanol–water partition coefficient (Wildman–Crippen LogP) is 4.50. The van der Waals surface area contributed by atoms with E-state index in [1.165, 1.54) is 0 Å². The number of carbonyl (C=O) groups excluding carboxylic acids is 1. The van der Waals surface area contributed by atoms with Gasteiger partial charge in [-0.05, 0) is 18.2 Å². The molecule has 0 atom stereocenters. The van der Waals surface area contributed by atoms with Crippen LogP contribution in [-0.4, -0.2) is 61.1 Å². The molecule has 0 spiro atoms. The first-order valence-electron chi connectivity index (χ1n) is 10.8. The molecule has 8 nitrogen and oxygen atoms in total. The monoisotopic (exact) mass is 432 g/mol. The number of hydrogen-bond donors (Lipinski definition) is 3. The number of anilines is 3. The Bertz CT molecular complexity index is 846. The minimum atomic E-state index is 0. The van der Waals surface area contributed by atoms with Gasteiger partial charge in [-0.2, -0.15) is 4.98 Å². The van der Waals surface area contributed by atoms with Gasteiger partial charge in [0.1, 0.15) is 11.6 Å². The van der Waals surface area contributed by atoms with Crippen LogP contribution in [0.5, 0.6) is 5.75 Å². The Balaban J connectivity index is 0. The molecule has 2 heterocycles. The number of aromatic nitrogens is 2. The number of piperazine rings is 1. The average molecular weight is 433 g/mol. The number of nitrogens with one attached hydrogen (secondary N) is 3. The summed E-state index contributed by atoms with van der Waals surface area (Å²) in [5, 5.41) is 9.40. The first kappa shape index (κ1) is 25.9. The summed E-state index contributed by atoms with van der Waals surface area (Å²) in [6.45, 7) is 14.8. The van der Waals surface area contributed by atoms with E-state index in [0.29, 0.717) is 41.9 Å². The number of amides is 1. The highest BCUT2D eigenvalue weighted by Gasteiger charge is 2.19. The van der Waals surface area contributed by atoms with E-state index in [1.807, 2.05) is 32.6 Å². The van der Waals surface area contributed by atoms with E-state index in [4.69, 9.17) is 4.74 Å². The fraction of sp³-hybridized carbons (Fsp3) is 0.435. The summed E-state index contributed by atoms with van der Waals surface area (Å²) in [6.07, 6.45) is 3.37. The minimum absolute atomic E-state index is 0. The lowest BCUT2D eigenvalue weighted by molar-refractivity contribution is 0.0735. The van der Waals surface area contributed by atoms with E-state index in [1.54, 1.807) is 44.6 Å².